The molecule has 2 aromatic rings. The highest BCUT2D eigenvalue weighted by molar-refractivity contribution is 8.18. The minimum Gasteiger partial charge on any atom is -0.504 e. The Balaban J connectivity index is 1.79. The topological polar surface area (TPSA) is 80.2 Å². The summed E-state index contributed by atoms with van der Waals surface area (Å²) in [5, 5.41) is 13.1. The molecule has 1 saturated heterocycles. The first-order valence-electron chi connectivity index (χ1n) is 7.39. The minimum atomic E-state index is -0.229. The lowest BCUT2D eigenvalue weighted by Crippen LogP contribution is -2.19. The van der Waals surface area contributed by atoms with E-state index in [1.165, 1.54) is 24.9 Å². The zero-order chi connectivity index (χ0) is 17.8. The van der Waals surface area contributed by atoms with Gasteiger partial charge in [-0.3, -0.25) is 4.79 Å². The monoisotopic (exact) mass is 356 g/mol. The van der Waals surface area contributed by atoms with E-state index in [1.807, 2.05) is 12.1 Å². The molecule has 0 radical (unpaired) electrons. The molecular formula is C18H16N2O4S. The summed E-state index contributed by atoms with van der Waals surface area (Å²) in [5.41, 5.74) is 1.41. The van der Waals surface area contributed by atoms with E-state index in [4.69, 9.17) is 9.47 Å². The molecule has 0 bridgehead atoms. The molecule has 0 atom stereocenters. The van der Waals surface area contributed by atoms with Crippen molar-refractivity contribution in [2.75, 3.05) is 14.2 Å². The first kappa shape index (κ1) is 16.9. The van der Waals surface area contributed by atoms with Crippen LogP contribution in [0, 0.1) is 0 Å². The minimum absolute atomic E-state index is 0.0207. The molecule has 1 aliphatic heterocycles. The van der Waals surface area contributed by atoms with Gasteiger partial charge in [-0.1, -0.05) is 6.07 Å². The van der Waals surface area contributed by atoms with Crippen molar-refractivity contribution in [1.82, 2.24) is 5.32 Å². The van der Waals surface area contributed by atoms with E-state index in [9.17, 15) is 9.90 Å². The third kappa shape index (κ3) is 3.95. The van der Waals surface area contributed by atoms with Crippen molar-refractivity contribution in [3.63, 3.8) is 0 Å². The molecule has 0 aliphatic carbocycles. The number of carbonyl (C=O) groups is 1. The van der Waals surface area contributed by atoms with E-state index < -0.39 is 0 Å². The molecule has 6 nitrogen and oxygen atoms in total. The number of nitrogens with zero attached hydrogens (tertiary/aromatic N) is 1. The van der Waals surface area contributed by atoms with E-state index >= 15 is 0 Å². The Morgan fingerprint density at radius 3 is 2.52 bits per heavy atom. The van der Waals surface area contributed by atoms with E-state index in [0.29, 0.717) is 27.1 Å². The van der Waals surface area contributed by atoms with Crippen LogP contribution in [0.15, 0.2) is 52.4 Å². The third-order valence-electron chi connectivity index (χ3n) is 3.45. The summed E-state index contributed by atoms with van der Waals surface area (Å²) in [6.45, 7) is 0. The number of amides is 1. The zero-order valence-electron chi connectivity index (χ0n) is 13.6. The van der Waals surface area contributed by atoms with Crippen LogP contribution >= 0.6 is 11.8 Å². The number of phenolic OH excluding ortho intramolecular Hbond substituents is 1. The fraction of sp³-hybridized carbons (Fsp3) is 0.111. The quantitative estimate of drug-likeness (QED) is 0.822. The molecule has 0 aromatic heterocycles. The molecule has 7 heteroatoms. The van der Waals surface area contributed by atoms with Gasteiger partial charge in [-0.05, 0) is 59.8 Å². The maximum Gasteiger partial charge on any atom is 0.264 e. The van der Waals surface area contributed by atoms with Gasteiger partial charge in [-0.25, -0.2) is 4.99 Å². The number of thioether (sulfide) groups is 1. The number of amidine groups is 1. The number of ether oxygens (including phenoxy) is 2. The fourth-order valence-electron chi connectivity index (χ4n) is 2.20. The third-order valence-corrected chi connectivity index (χ3v) is 4.36. The number of aromatic hydroxyl groups is 1. The van der Waals surface area contributed by atoms with Crippen molar-refractivity contribution in [2.24, 2.45) is 4.99 Å². The molecule has 3 rings (SSSR count). The Morgan fingerprint density at radius 2 is 1.88 bits per heavy atom. The number of methoxy groups -OCH3 is 2. The normalized spacial score (nSPS) is 17.0. The number of phenols is 1. The molecule has 25 heavy (non-hydrogen) atoms. The zero-order valence-corrected chi connectivity index (χ0v) is 14.5. The first-order chi connectivity index (χ1) is 12.1. The summed E-state index contributed by atoms with van der Waals surface area (Å²) in [4.78, 5) is 17.0. The molecule has 1 fully saturated rings. The molecular weight excluding hydrogens is 340 g/mol. The molecule has 0 unspecified atom stereocenters. The van der Waals surface area contributed by atoms with Gasteiger partial charge in [-0.15, -0.1) is 0 Å². The average Bonchev–Trinajstić information content (AvgIpc) is 2.95. The molecule has 1 aliphatic rings. The van der Waals surface area contributed by atoms with Gasteiger partial charge < -0.3 is 19.9 Å². The number of hydrogen-bond acceptors (Lipinski definition) is 6. The Morgan fingerprint density at radius 1 is 1.12 bits per heavy atom. The molecule has 1 amide bonds. The van der Waals surface area contributed by atoms with Crippen molar-refractivity contribution in [3.8, 4) is 17.2 Å². The van der Waals surface area contributed by atoms with Crippen LogP contribution < -0.4 is 14.8 Å². The second-order valence-electron chi connectivity index (χ2n) is 5.11. The van der Waals surface area contributed by atoms with Crippen molar-refractivity contribution in [1.29, 1.82) is 0 Å². The van der Waals surface area contributed by atoms with Gasteiger partial charge in [0.2, 0.25) is 0 Å². The predicted octanol–water partition coefficient (Wildman–Crippen LogP) is 3.30. The highest BCUT2D eigenvalue weighted by Gasteiger charge is 2.23. The SMILES string of the molecule is COc1ccc(N=C2NC(=O)/C(=C/c3ccc(OC)c(O)c3)S2)cc1. The lowest BCUT2D eigenvalue weighted by atomic mass is 10.2. The molecule has 2 aromatic carbocycles. The molecule has 0 spiro atoms. The number of hydrogen-bond donors (Lipinski definition) is 2. The summed E-state index contributed by atoms with van der Waals surface area (Å²) in [6, 6.07) is 12.2. The standard InChI is InChI=1S/C18H16N2O4S/c1-23-13-6-4-12(5-7-13)19-18-20-17(22)16(25-18)10-11-3-8-15(24-2)14(21)9-11/h3-10,21H,1-2H3,(H,19,20,22)/b16-10-. The predicted molar refractivity (Wildman–Crippen MR) is 98.5 cm³/mol. The summed E-state index contributed by atoms with van der Waals surface area (Å²) < 4.78 is 10.1. The van der Waals surface area contributed by atoms with Gasteiger partial charge in [0, 0.05) is 0 Å². The van der Waals surface area contributed by atoms with E-state index in [1.54, 1.807) is 37.5 Å². The Labute approximate surface area is 149 Å². The number of aliphatic imine (C=N–C) groups is 1. The van der Waals surface area contributed by atoms with Gasteiger partial charge in [0.25, 0.3) is 5.91 Å². The second-order valence-corrected chi connectivity index (χ2v) is 6.14. The van der Waals surface area contributed by atoms with Crippen LogP contribution in [0.5, 0.6) is 17.2 Å². The summed E-state index contributed by atoms with van der Waals surface area (Å²) >= 11 is 1.24. The van der Waals surface area contributed by atoms with Crippen LogP contribution in [-0.4, -0.2) is 30.4 Å². The maximum absolute atomic E-state index is 12.1. The second kappa shape index (κ2) is 7.31. The van der Waals surface area contributed by atoms with Crippen LogP contribution in [-0.2, 0) is 4.79 Å². The van der Waals surface area contributed by atoms with Crippen molar-refractivity contribution >= 4 is 34.6 Å². The van der Waals surface area contributed by atoms with E-state index in [-0.39, 0.29) is 11.7 Å². The Bertz CT molecular complexity index is 860. The van der Waals surface area contributed by atoms with Gasteiger partial charge in [0.05, 0.1) is 24.8 Å². The highest BCUT2D eigenvalue weighted by Crippen LogP contribution is 2.31. The van der Waals surface area contributed by atoms with Gasteiger partial charge >= 0.3 is 0 Å². The summed E-state index contributed by atoms with van der Waals surface area (Å²) in [6.07, 6.45) is 1.69. The van der Waals surface area contributed by atoms with Crippen molar-refractivity contribution in [2.45, 2.75) is 0 Å². The first-order valence-corrected chi connectivity index (χ1v) is 8.21. The highest BCUT2D eigenvalue weighted by atomic mass is 32.2. The average molecular weight is 356 g/mol. The number of carbonyl (C=O) groups excluding carboxylic acids is 1. The number of benzene rings is 2. The van der Waals surface area contributed by atoms with Crippen LogP contribution in [0.25, 0.3) is 6.08 Å². The fourth-order valence-corrected chi connectivity index (χ4v) is 3.04. The molecule has 128 valence electrons. The van der Waals surface area contributed by atoms with Gasteiger partial charge in [-0.2, -0.15) is 0 Å². The van der Waals surface area contributed by atoms with Crippen LogP contribution in [0.4, 0.5) is 5.69 Å². The molecule has 0 saturated carbocycles. The van der Waals surface area contributed by atoms with Crippen molar-refractivity contribution < 1.29 is 19.4 Å². The smallest absolute Gasteiger partial charge is 0.264 e. The van der Waals surface area contributed by atoms with Crippen molar-refractivity contribution in [3.05, 3.63) is 52.9 Å². The molecule has 1 heterocycles. The van der Waals surface area contributed by atoms with Crippen LogP contribution in [0.1, 0.15) is 5.56 Å². The largest absolute Gasteiger partial charge is 0.504 e. The molecule has 2 N–H and O–H groups in total. The van der Waals surface area contributed by atoms with E-state index in [0.717, 1.165) is 5.75 Å². The Hall–Kier alpha value is -2.93. The summed E-state index contributed by atoms with van der Waals surface area (Å²) in [5.74, 6) is 0.916. The van der Waals surface area contributed by atoms with Gasteiger partial charge in [0.15, 0.2) is 16.7 Å². The number of nitrogens with one attached hydrogen (secondary N) is 1. The number of rotatable bonds is 4. The lowest BCUT2D eigenvalue weighted by Gasteiger charge is -2.03. The van der Waals surface area contributed by atoms with E-state index in [2.05, 4.69) is 10.3 Å². The van der Waals surface area contributed by atoms with Gasteiger partial charge in [0.1, 0.15) is 5.75 Å². The van der Waals surface area contributed by atoms with Crippen LogP contribution in [0.2, 0.25) is 0 Å². The maximum atomic E-state index is 12.1. The summed E-state index contributed by atoms with van der Waals surface area (Å²) in [7, 11) is 3.08. The Kier molecular flexibility index (Phi) is 4.95. The lowest BCUT2D eigenvalue weighted by molar-refractivity contribution is -0.115. The van der Waals surface area contributed by atoms with Crippen LogP contribution in [0.3, 0.4) is 0 Å².